The molecule has 84 valence electrons. The van der Waals surface area contributed by atoms with Crippen molar-refractivity contribution in [2.45, 2.75) is 31.3 Å². The van der Waals surface area contributed by atoms with E-state index in [4.69, 9.17) is 0 Å². The zero-order valence-electron chi connectivity index (χ0n) is 11.2. The van der Waals surface area contributed by atoms with Crippen molar-refractivity contribution in [2.24, 2.45) is 5.92 Å². The van der Waals surface area contributed by atoms with E-state index in [9.17, 15) is 0 Å². The van der Waals surface area contributed by atoms with Crippen molar-refractivity contribution in [3.63, 3.8) is 0 Å². The van der Waals surface area contributed by atoms with Gasteiger partial charge in [0, 0.05) is 0 Å². The first-order chi connectivity index (χ1) is 7.63. The Balaban J connectivity index is 2.43. The van der Waals surface area contributed by atoms with Crippen LogP contribution < -0.4 is 4.90 Å². The Morgan fingerprint density at radius 2 is 1.75 bits per heavy atom. The number of aryl methyl sites for hydroxylation is 1. The summed E-state index contributed by atoms with van der Waals surface area (Å²) in [5, 5.41) is 1.31. The number of nitrogens with zero attached hydrogens (tertiary/aromatic N) is 1. The third kappa shape index (κ3) is 4.64. The average molecular weight is 211 g/mol. The molecule has 0 aliphatic heterocycles. The summed E-state index contributed by atoms with van der Waals surface area (Å²) in [5.74, 6) is 0.860. The van der Waals surface area contributed by atoms with Gasteiger partial charge < -0.3 is 0 Å². The van der Waals surface area contributed by atoms with Gasteiger partial charge in [0.1, 0.15) is 0 Å². The molecule has 0 aliphatic carbocycles. The van der Waals surface area contributed by atoms with Gasteiger partial charge in [-0.3, -0.25) is 0 Å². The van der Waals surface area contributed by atoms with E-state index in [0.717, 1.165) is 5.92 Å². The normalized spacial score (nSPS) is 12.6. The summed E-state index contributed by atoms with van der Waals surface area (Å²) < 4.78 is 0. The van der Waals surface area contributed by atoms with E-state index < -0.39 is 0 Å². The maximum absolute atomic E-state index is 2.36. The molecule has 0 radical (unpaired) electrons. The molecule has 0 saturated carbocycles. The van der Waals surface area contributed by atoms with Gasteiger partial charge in [-0.25, -0.2) is 0 Å². The Labute approximate surface area is 109 Å². The molecule has 1 aromatic rings. The van der Waals surface area contributed by atoms with Gasteiger partial charge in [0.05, 0.1) is 0 Å². The molecular formula is C14H22LiN. The monoisotopic (exact) mass is 211 g/mol. The fraction of sp³-hybridized carbons (Fsp3) is 0.571. The van der Waals surface area contributed by atoms with Crippen LogP contribution in [0.4, 0.5) is 5.69 Å². The molecule has 1 unspecified atom stereocenters. The van der Waals surface area contributed by atoms with E-state index in [1.165, 1.54) is 35.6 Å². The summed E-state index contributed by atoms with van der Waals surface area (Å²) in [5.41, 5.74) is 2.75. The summed E-state index contributed by atoms with van der Waals surface area (Å²) in [7, 11) is 4.16. The molecule has 1 atom stereocenters. The molecule has 0 aromatic heterocycles. The second-order valence-electron chi connectivity index (χ2n) is 4.99. The molecule has 0 heterocycles. The first-order valence-corrected chi connectivity index (χ1v) is 6.39. The van der Waals surface area contributed by atoms with Crippen molar-refractivity contribution in [3.8, 4) is 0 Å². The second-order valence-corrected chi connectivity index (χ2v) is 4.99. The molecule has 2 heteroatoms. The third-order valence-electron chi connectivity index (χ3n) is 3.16. The molecule has 0 bridgehead atoms. The van der Waals surface area contributed by atoms with Crippen LogP contribution in [0.1, 0.15) is 25.3 Å². The quantitative estimate of drug-likeness (QED) is 0.652. The van der Waals surface area contributed by atoms with Gasteiger partial charge in [-0.05, 0) is 0 Å². The molecular weight excluding hydrogens is 189 g/mol. The standard InChI is InChI=1S/C14H22N.Li/c1-5-12(2)6-7-13-8-10-14(11-9-13)15(3)4;/h8-12H,1,5-7H2,2-4H3;. The van der Waals surface area contributed by atoms with Crippen LogP contribution in [0, 0.1) is 5.92 Å². The summed E-state index contributed by atoms with van der Waals surface area (Å²) >= 11 is 2.27. The molecule has 0 aliphatic rings. The summed E-state index contributed by atoms with van der Waals surface area (Å²) in [6.45, 7) is 2.36. The van der Waals surface area contributed by atoms with Gasteiger partial charge in [0.25, 0.3) is 0 Å². The Hall–Kier alpha value is -0.383. The minimum absolute atomic E-state index is 0.860. The van der Waals surface area contributed by atoms with E-state index in [0.29, 0.717) is 0 Å². The summed E-state index contributed by atoms with van der Waals surface area (Å²) in [6.07, 6.45) is 3.89. The van der Waals surface area contributed by atoms with Crippen LogP contribution in [0.2, 0.25) is 5.09 Å². The van der Waals surface area contributed by atoms with Crippen molar-refractivity contribution in [1.29, 1.82) is 0 Å². The fourth-order valence-corrected chi connectivity index (χ4v) is 2.01. The third-order valence-corrected chi connectivity index (χ3v) is 3.16. The van der Waals surface area contributed by atoms with Gasteiger partial charge in [-0.2, -0.15) is 0 Å². The fourth-order valence-electron chi connectivity index (χ4n) is 2.01. The van der Waals surface area contributed by atoms with Crippen LogP contribution in [0.3, 0.4) is 0 Å². The van der Waals surface area contributed by atoms with Crippen LogP contribution in [0.15, 0.2) is 24.3 Å². The van der Waals surface area contributed by atoms with E-state index in [-0.39, 0.29) is 0 Å². The Morgan fingerprint density at radius 3 is 2.25 bits per heavy atom. The molecule has 0 saturated heterocycles. The number of anilines is 1. The Kier molecular flexibility index (Phi) is 6.02. The molecule has 0 fully saturated rings. The Morgan fingerprint density at radius 1 is 1.12 bits per heavy atom. The summed E-state index contributed by atoms with van der Waals surface area (Å²) in [4.78, 5) is 2.14. The van der Waals surface area contributed by atoms with Crippen LogP contribution in [0.5, 0.6) is 0 Å². The van der Waals surface area contributed by atoms with Crippen molar-refractivity contribution < 1.29 is 0 Å². The van der Waals surface area contributed by atoms with E-state index in [1.807, 2.05) is 0 Å². The average Bonchev–Trinajstić information content (AvgIpc) is 2.27. The molecule has 1 nitrogen and oxygen atoms in total. The van der Waals surface area contributed by atoms with Gasteiger partial charge in [-0.15, -0.1) is 0 Å². The molecule has 1 aromatic carbocycles. The van der Waals surface area contributed by atoms with Gasteiger partial charge in [-0.1, -0.05) is 0 Å². The molecule has 0 spiro atoms. The predicted molar refractivity (Wildman–Crippen MR) is 73.4 cm³/mol. The van der Waals surface area contributed by atoms with E-state index in [1.54, 1.807) is 0 Å². The van der Waals surface area contributed by atoms with Crippen molar-refractivity contribution >= 4 is 23.4 Å². The van der Waals surface area contributed by atoms with Gasteiger partial charge in [0.2, 0.25) is 0 Å². The van der Waals surface area contributed by atoms with E-state index in [2.05, 4.69) is 67.9 Å². The van der Waals surface area contributed by atoms with Crippen LogP contribution in [0.25, 0.3) is 0 Å². The first-order valence-electron chi connectivity index (χ1n) is 6.39. The minimum atomic E-state index is 0.860. The number of hydrogen-bond donors (Lipinski definition) is 0. The Bertz CT molecular complexity index is 292. The summed E-state index contributed by atoms with van der Waals surface area (Å²) in [6, 6.07) is 8.93. The molecule has 1 rings (SSSR count). The maximum atomic E-state index is 2.36. The van der Waals surface area contributed by atoms with Crippen molar-refractivity contribution in [3.05, 3.63) is 29.8 Å². The topological polar surface area (TPSA) is 3.24 Å². The van der Waals surface area contributed by atoms with Crippen molar-refractivity contribution in [1.82, 2.24) is 0 Å². The van der Waals surface area contributed by atoms with E-state index >= 15 is 0 Å². The zero-order valence-corrected chi connectivity index (χ0v) is 11.2. The van der Waals surface area contributed by atoms with Gasteiger partial charge >= 0.3 is 109 Å². The number of hydrogen-bond acceptors (Lipinski definition) is 1. The number of rotatable bonds is 6. The second kappa shape index (κ2) is 7.04. The number of benzene rings is 1. The molecule has 0 N–H and O–H groups in total. The molecule has 0 amide bonds. The van der Waals surface area contributed by atoms with Crippen LogP contribution >= 0.6 is 0 Å². The molecule has 16 heavy (non-hydrogen) atoms. The van der Waals surface area contributed by atoms with Crippen molar-refractivity contribution in [2.75, 3.05) is 19.0 Å². The zero-order chi connectivity index (χ0) is 12.0. The predicted octanol–water partition coefficient (Wildman–Crippen LogP) is 3.30. The van der Waals surface area contributed by atoms with Crippen LogP contribution in [-0.4, -0.2) is 31.8 Å². The SMILES string of the molecule is [Li][CH2]CC(C)CCc1ccc(N(C)C)cc1. The first kappa shape index (κ1) is 13.7. The van der Waals surface area contributed by atoms with Gasteiger partial charge in [0.15, 0.2) is 0 Å². The van der Waals surface area contributed by atoms with Crippen LogP contribution in [-0.2, 0) is 6.42 Å².